The maximum Gasteiger partial charge on any atom is 0.336 e. The Balaban J connectivity index is 2.49. The minimum atomic E-state index is -1.04. The lowest BCUT2D eigenvalue weighted by Crippen LogP contribution is -2.03. The highest BCUT2D eigenvalue weighted by molar-refractivity contribution is 6.20. The van der Waals surface area contributed by atoms with Crippen LogP contribution in [0.3, 0.4) is 0 Å². The van der Waals surface area contributed by atoms with Crippen LogP contribution in [0.1, 0.15) is 18.1 Å². The molecule has 0 fully saturated rings. The Kier molecular flexibility index (Phi) is 4.51. The number of aliphatic carboxylic acids is 1. The number of benzene rings is 2. The Hall–Kier alpha value is -2.88. The van der Waals surface area contributed by atoms with Gasteiger partial charge in [0.25, 0.3) is 0 Å². The summed E-state index contributed by atoms with van der Waals surface area (Å²) in [6, 6.07) is 15.6. The highest BCUT2D eigenvalue weighted by atomic mass is 16.5. The van der Waals surface area contributed by atoms with Crippen LogP contribution in [-0.4, -0.2) is 17.0 Å². The Morgan fingerprint density at radius 2 is 1.62 bits per heavy atom. The minimum absolute atomic E-state index is 0.134. The number of rotatable bonds is 4. The number of carbonyl (C=O) groups excluding carboxylic acids is 1. The lowest BCUT2D eigenvalue weighted by molar-refractivity contribution is -0.132. The predicted molar refractivity (Wildman–Crippen MR) is 79.7 cm³/mol. The summed E-state index contributed by atoms with van der Waals surface area (Å²) in [5.41, 5.74) is 1.26. The lowest BCUT2D eigenvalue weighted by atomic mass is 10.0. The van der Waals surface area contributed by atoms with Gasteiger partial charge in [-0.05, 0) is 17.7 Å². The highest BCUT2D eigenvalue weighted by Gasteiger charge is 2.12. The predicted octanol–water partition coefficient (Wildman–Crippen LogP) is 3.24. The van der Waals surface area contributed by atoms with Crippen molar-refractivity contribution in [2.45, 2.75) is 6.92 Å². The van der Waals surface area contributed by atoms with Crippen LogP contribution < -0.4 is 4.74 Å². The Bertz CT molecular complexity index is 687. The maximum atomic E-state index is 11.5. The van der Waals surface area contributed by atoms with Crippen LogP contribution in [0.25, 0.3) is 11.6 Å². The average Bonchev–Trinajstić information content (AvgIpc) is 2.46. The van der Waals surface area contributed by atoms with Crippen LogP contribution >= 0.6 is 0 Å². The van der Waals surface area contributed by atoms with E-state index in [-0.39, 0.29) is 5.57 Å². The van der Waals surface area contributed by atoms with E-state index in [1.54, 1.807) is 48.5 Å². The largest absolute Gasteiger partial charge is 0.478 e. The first kappa shape index (κ1) is 14.5. The number of esters is 1. The van der Waals surface area contributed by atoms with Gasteiger partial charge in [-0.2, -0.15) is 0 Å². The first-order valence-electron chi connectivity index (χ1n) is 6.36. The smallest absolute Gasteiger partial charge is 0.336 e. The molecule has 0 atom stereocenters. The van der Waals surface area contributed by atoms with Crippen molar-refractivity contribution in [3.8, 4) is 5.75 Å². The molecule has 0 heterocycles. The molecule has 21 heavy (non-hydrogen) atoms. The molecule has 0 radical (unpaired) electrons. The number of ether oxygens (including phenoxy) is 1. The molecule has 0 aliphatic rings. The number of carboxylic acids is 1. The number of hydrogen-bond donors (Lipinski definition) is 1. The zero-order valence-corrected chi connectivity index (χ0v) is 11.4. The first-order chi connectivity index (χ1) is 10.1. The molecular weight excluding hydrogens is 268 g/mol. The van der Waals surface area contributed by atoms with Gasteiger partial charge in [-0.1, -0.05) is 48.5 Å². The summed E-state index contributed by atoms with van der Waals surface area (Å²) in [6.45, 7) is 1.30. The fraction of sp³-hybridized carbons (Fsp3) is 0.0588. The highest BCUT2D eigenvalue weighted by Crippen LogP contribution is 2.25. The summed E-state index contributed by atoms with van der Waals surface area (Å²) in [6.07, 6.45) is 1.50. The lowest BCUT2D eigenvalue weighted by Gasteiger charge is -2.07. The Morgan fingerprint density at radius 3 is 2.24 bits per heavy atom. The van der Waals surface area contributed by atoms with E-state index in [1.165, 1.54) is 13.0 Å². The normalized spacial score (nSPS) is 11.0. The quantitative estimate of drug-likeness (QED) is 0.405. The molecule has 0 unspecified atom stereocenters. The van der Waals surface area contributed by atoms with E-state index in [9.17, 15) is 14.7 Å². The van der Waals surface area contributed by atoms with Gasteiger partial charge < -0.3 is 9.84 Å². The molecule has 0 bridgehead atoms. The van der Waals surface area contributed by atoms with Crippen molar-refractivity contribution in [3.05, 3.63) is 65.7 Å². The second-order valence-corrected chi connectivity index (χ2v) is 4.36. The molecule has 2 aromatic rings. The third-order valence-corrected chi connectivity index (χ3v) is 2.79. The first-order valence-corrected chi connectivity index (χ1v) is 6.36. The van der Waals surface area contributed by atoms with Crippen molar-refractivity contribution in [2.24, 2.45) is 0 Å². The van der Waals surface area contributed by atoms with E-state index in [0.717, 1.165) is 0 Å². The van der Waals surface area contributed by atoms with Crippen molar-refractivity contribution in [1.29, 1.82) is 0 Å². The maximum absolute atomic E-state index is 11.5. The van der Waals surface area contributed by atoms with Crippen LogP contribution in [0.4, 0.5) is 0 Å². The molecule has 106 valence electrons. The van der Waals surface area contributed by atoms with Gasteiger partial charge in [-0.3, -0.25) is 4.79 Å². The second-order valence-electron chi connectivity index (χ2n) is 4.36. The van der Waals surface area contributed by atoms with Crippen LogP contribution in [0, 0.1) is 0 Å². The minimum Gasteiger partial charge on any atom is -0.478 e. The number of carboxylic acid groups (broad SMARTS) is 1. The fourth-order valence-corrected chi connectivity index (χ4v) is 1.89. The summed E-state index contributed by atoms with van der Waals surface area (Å²) >= 11 is 0. The van der Waals surface area contributed by atoms with Crippen molar-refractivity contribution >= 4 is 23.6 Å². The molecule has 4 nitrogen and oxygen atoms in total. The molecule has 0 aromatic heterocycles. The molecule has 0 aliphatic carbocycles. The average molecular weight is 282 g/mol. The van der Waals surface area contributed by atoms with Gasteiger partial charge in [0.1, 0.15) is 5.75 Å². The van der Waals surface area contributed by atoms with Crippen LogP contribution in [0.15, 0.2) is 54.6 Å². The van der Waals surface area contributed by atoms with Gasteiger partial charge >= 0.3 is 11.9 Å². The Morgan fingerprint density at radius 1 is 1.00 bits per heavy atom. The van der Waals surface area contributed by atoms with Gasteiger partial charge in [0.05, 0.1) is 5.57 Å². The van der Waals surface area contributed by atoms with Crippen LogP contribution in [-0.2, 0) is 9.59 Å². The molecule has 1 N–H and O–H groups in total. The summed E-state index contributed by atoms with van der Waals surface area (Å²) in [4.78, 5) is 22.6. The standard InChI is InChI=1S/C17H14O4/c1-12(18)21-16-10-6-5-9-14(16)11-15(17(19)20)13-7-3-2-4-8-13/h2-11H,1H3,(H,19,20)/b15-11+. The van der Waals surface area contributed by atoms with Gasteiger partial charge in [0, 0.05) is 12.5 Å². The topological polar surface area (TPSA) is 63.6 Å². The summed E-state index contributed by atoms with van der Waals surface area (Å²) < 4.78 is 5.09. The van der Waals surface area contributed by atoms with Crippen molar-refractivity contribution in [1.82, 2.24) is 0 Å². The fourth-order valence-electron chi connectivity index (χ4n) is 1.89. The van der Waals surface area contributed by atoms with E-state index in [1.807, 2.05) is 6.07 Å². The van der Waals surface area contributed by atoms with Gasteiger partial charge in [-0.15, -0.1) is 0 Å². The molecule has 0 amide bonds. The van der Waals surface area contributed by atoms with Gasteiger partial charge in [-0.25, -0.2) is 4.79 Å². The van der Waals surface area contributed by atoms with Crippen molar-refractivity contribution < 1.29 is 19.4 Å². The molecule has 0 saturated carbocycles. The molecule has 2 aromatic carbocycles. The zero-order chi connectivity index (χ0) is 15.2. The summed E-state index contributed by atoms with van der Waals surface area (Å²) in [7, 11) is 0. The van der Waals surface area contributed by atoms with E-state index in [0.29, 0.717) is 16.9 Å². The van der Waals surface area contributed by atoms with E-state index >= 15 is 0 Å². The molecule has 0 saturated heterocycles. The molecule has 0 spiro atoms. The summed E-state index contributed by atoms with van der Waals surface area (Å²) in [5.74, 6) is -1.16. The Labute approximate surface area is 122 Å². The number of para-hydroxylation sites is 1. The van der Waals surface area contributed by atoms with Crippen molar-refractivity contribution in [3.63, 3.8) is 0 Å². The van der Waals surface area contributed by atoms with Crippen LogP contribution in [0.2, 0.25) is 0 Å². The van der Waals surface area contributed by atoms with E-state index in [4.69, 9.17) is 4.74 Å². The van der Waals surface area contributed by atoms with Gasteiger partial charge in [0.2, 0.25) is 0 Å². The number of carbonyl (C=O) groups is 2. The third-order valence-electron chi connectivity index (χ3n) is 2.79. The zero-order valence-electron chi connectivity index (χ0n) is 11.4. The SMILES string of the molecule is CC(=O)Oc1ccccc1/C=C(/C(=O)O)c1ccccc1. The third kappa shape index (κ3) is 3.79. The van der Waals surface area contributed by atoms with Gasteiger partial charge in [0.15, 0.2) is 0 Å². The molecule has 4 heteroatoms. The van der Waals surface area contributed by atoms with Crippen molar-refractivity contribution in [2.75, 3.05) is 0 Å². The number of hydrogen-bond acceptors (Lipinski definition) is 3. The van der Waals surface area contributed by atoms with Crippen LogP contribution in [0.5, 0.6) is 5.75 Å². The molecule has 2 rings (SSSR count). The van der Waals surface area contributed by atoms with E-state index in [2.05, 4.69) is 0 Å². The summed E-state index contributed by atoms with van der Waals surface area (Å²) in [5, 5.41) is 9.38. The second kappa shape index (κ2) is 6.52. The monoisotopic (exact) mass is 282 g/mol. The van der Waals surface area contributed by atoms with E-state index < -0.39 is 11.9 Å². The molecule has 0 aliphatic heterocycles. The molecular formula is C17H14O4.